The lowest BCUT2D eigenvalue weighted by Crippen LogP contribution is -2.32. The number of hydrogen-bond donors (Lipinski definition) is 5. The number of hydrogen-bond acceptors (Lipinski definition) is 9. The number of amides is 1. The number of halogens is 1. The molecule has 0 saturated carbocycles. The molecular weight excluding hydrogens is 440 g/mol. The molecule has 0 aliphatic heterocycles. The Hall–Kier alpha value is -3.34. The lowest BCUT2D eigenvalue weighted by molar-refractivity contribution is 0.0989. The summed E-state index contributed by atoms with van der Waals surface area (Å²) in [6.07, 6.45) is -0.162. The van der Waals surface area contributed by atoms with Crippen LogP contribution < -0.4 is 15.8 Å². The van der Waals surface area contributed by atoms with Crippen LogP contribution in [0.15, 0.2) is 47.1 Å². The van der Waals surface area contributed by atoms with Crippen LogP contribution in [0.25, 0.3) is 0 Å². The smallest absolute Gasteiger partial charge is 0.273 e. The average Bonchev–Trinajstić information content (AvgIpc) is 3.20. The number of benzene rings is 2. The third-order valence-electron chi connectivity index (χ3n) is 4.60. The maximum Gasteiger partial charge on any atom is 0.273 e. The van der Waals surface area contributed by atoms with Gasteiger partial charge in [-0.1, -0.05) is 17.3 Å². The largest absolute Gasteiger partial charge is 0.508 e. The van der Waals surface area contributed by atoms with Crippen molar-refractivity contribution < 1.29 is 29.5 Å². The highest BCUT2D eigenvalue weighted by molar-refractivity contribution is 5.91. The Morgan fingerprint density at radius 3 is 2.44 bits per heavy atom. The van der Waals surface area contributed by atoms with Crippen molar-refractivity contribution in [1.82, 2.24) is 15.6 Å². The second kappa shape index (κ2) is 11.3. The van der Waals surface area contributed by atoms with E-state index in [2.05, 4.69) is 20.3 Å². The zero-order valence-corrected chi connectivity index (χ0v) is 18.1. The Bertz CT molecular complexity index is 1010. The number of nitrogens with one attached hydrogen (secondary N) is 1. The van der Waals surface area contributed by atoms with Gasteiger partial charge >= 0.3 is 0 Å². The number of nitrogens with two attached hydrogens (primary N) is 1. The number of aliphatic hydroxyl groups excluding tert-OH is 1. The number of primary amides is 1. The van der Waals surface area contributed by atoms with Crippen LogP contribution in [0.4, 0.5) is 0 Å². The van der Waals surface area contributed by atoms with Gasteiger partial charge in [0.15, 0.2) is 11.4 Å². The number of aromatic hydroxyl groups is 2. The molecule has 11 heteroatoms. The third kappa shape index (κ3) is 6.84. The summed E-state index contributed by atoms with van der Waals surface area (Å²) >= 11 is 0. The fraction of sp³-hybridized carbons (Fsp3) is 0.286. The van der Waals surface area contributed by atoms with Gasteiger partial charge in [-0.2, -0.15) is 0 Å². The van der Waals surface area contributed by atoms with E-state index in [4.69, 9.17) is 10.5 Å². The molecule has 0 aliphatic carbocycles. The Labute approximate surface area is 190 Å². The van der Waals surface area contributed by atoms with E-state index in [9.17, 15) is 20.1 Å². The zero-order chi connectivity index (χ0) is 22.4. The van der Waals surface area contributed by atoms with Crippen LogP contribution in [0.2, 0.25) is 0 Å². The van der Waals surface area contributed by atoms with Gasteiger partial charge in [-0.25, -0.2) is 4.63 Å². The average molecular weight is 465 g/mol. The van der Waals surface area contributed by atoms with Gasteiger partial charge in [-0.05, 0) is 53.9 Å². The quantitative estimate of drug-likeness (QED) is 0.301. The molecule has 10 nitrogen and oxygen atoms in total. The summed E-state index contributed by atoms with van der Waals surface area (Å²) in [5.41, 5.74) is 6.84. The van der Waals surface area contributed by atoms with E-state index in [0.29, 0.717) is 17.7 Å². The molecule has 3 rings (SSSR count). The molecule has 2 unspecified atom stereocenters. The van der Waals surface area contributed by atoms with Gasteiger partial charge in [0.1, 0.15) is 23.9 Å². The standard InChI is InChI=1S/C21H24N4O6.ClH/c1-12(23-10-19(28)14-7-15(26)9-16(27)8-14)6-13-2-4-17(5-3-13)30-11-18-20(21(22)29)25-31-24-18;/h2-5,7-9,12,19,23,26-28H,6,10-11H2,1H3,(H2,22,29);1H. The van der Waals surface area contributed by atoms with E-state index in [1.165, 1.54) is 18.2 Å². The molecule has 6 N–H and O–H groups in total. The second-order valence-corrected chi connectivity index (χ2v) is 7.17. The molecule has 172 valence electrons. The highest BCUT2D eigenvalue weighted by atomic mass is 35.5. The van der Waals surface area contributed by atoms with Crippen LogP contribution >= 0.6 is 12.4 Å². The lowest BCUT2D eigenvalue weighted by Gasteiger charge is -2.18. The van der Waals surface area contributed by atoms with Crippen molar-refractivity contribution in [3.05, 3.63) is 65.0 Å². The number of ether oxygens (including phenoxy) is 1. The van der Waals surface area contributed by atoms with Crippen molar-refractivity contribution in [2.75, 3.05) is 6.54 Å². The molecule has 1 amide bonds. The number of nitrogens with zero attached hydrogens (tertiary/aromatic N) is 2. The first kappa shape index (κ1) is 24.9. The number of carbonyl (C=O) groups excluding carboxylic acids is 1. The maximum absolute atomic E-state index is 11.2. The zero-order valence-electron chi connectivity index (χ0n) is 17.3. The molecule has 1 heterocycles. The minimum Gasteiger partial charge on any atom is -0.508 e. The summed E-state index contributed by atoms with van der Waals surface area (Å²) < 4.78 is 10.1. The topological polar surface area (TPSA) is 164 Å². The van der Waals surface area contributed by atoms with Crippen molar-refractivity contribution in [2.45, 2.75) is 32.1 Å². The molecule has 2 aromatic carbocycles. The number of aliphatic hydroxyl groups is 1. The van der Waals surface area contributed by atoms with Crippen LogP contribution in [0.5, 0.6) is 17.2 Å². The minimum atomic E-state index is -0.868. The SMILES string of the molecule is CC(Cc1ccc(OCc2nonc2C(N)=O)cc1)NCC(O)c1cc(O)cc(O)c1.Cl. The van der Waals surface area contributed by atoms with Crippen LogP contribution in [0.3, 0.4) is 0 Å². The fourth-order valence-corrected chi connectivity index (χ4v) is 3.03. The van der Waals surface area contributed by atoms with E-state index >= 15 is 0 Å². The monoisotopic (exact) mass is 464 g/mol. The van der Waals surface area contributed by atoms with Crippen LogP contribution in [-0.4, -0.2) is 44.1 Å². The van der Waals surface area contributed by atoms with E-state index in [-0.39, 0.29) is 54.5 Å². The first-order valence-corrected chi connectivity index (χ1v) is 9.59. The lowest BCUT2D eigenvalue weighted by atomic mass is 10.1. The van der Waals surface area contributed by atoms with Crippen molar-refractivity contribution in [3.63, 3.8) is 0 Å². The molecule has 3 aromatic rings. The molecule has 0 aliphatic rings. The van der Waals surface area contributed by atoms with E-state index in [0.717, 1.165) is 5.56 Å². The van der Waals surface area contributed by atoms with Crippen molar-refractivity contribution in [1.29, 1.82) is 0 Å². The van der Waals surface area contributed by atoms with Crippen molar-refractivity contribution in [2.24, 2.45) is 5.73 Å². The number of carbonyl (C=O) groups is 1. The molecular formula is C21H25ClN4O6. The summed E-state index contributed by atoms with van der Waals surface area (Å²) in [6.45, 7) is 2.25. The first-order valence-electron chi connectivity index (χ1n) is 9.59. The van der Waals surface area contributed by atoms with Crippen molar-refractivity contribution in [3.8, 4) is 17.2 Å². The highest BCUT2D eigenvalue weighted by Crippen LogP contribution is 2.24. The Morgan fingerprint density at radius 2 is 1.81 bits per heavy atom. The van der Waals surface area contributed by atoms with E-state index in [1.54, 1.807) is 12.1 Å². The van der Waals surface area contributed by atoms with Crippen LogP contribution in [0, 0.1) is 0 Å². The number of rotatable bonds is 10. The highest BCUT2D eigenvalue weighted by Gasteiger charge is 2.16. The van der Waals surface area contributed by atoms with Gasteiger partial charge in [0.05, 0.1) is 6.10 Å². The normalized spacial score (nSPS) is 12.6. The first-order chi connectivity index (χ1) is 14.8. The number of aromatic nitrogens is 2. The fourth-order valence-electron chi connectivity index (χ4n) is 3.03. The summed E-state index contributed by atoms with van der Waals surface area (Å²) in [6, 6.07) is 11.5. The number of phenols is 2. The molecule has 32 heavy (non-hydrogen) atoms. The number of phenolic OH excluding ortho intramolecular Hbond substituents is 2. The Kier molecular flexibility index (Phi) is 8.82. The van der Waals surface area contributed by atoms with E-state index in [1.807, 2.05) is 19.1 Å². The van der Waals surface area contributed by atoms with Crippen molar-refractivity contribution >= 4 is 18.3 Å². The third-order valence-corrected chi connectivity index (χ3v) is 4.60. The van der Waals surface area contributed by atoms with Gasteiger partial charge in [-0.3, -0.25) is 4.79 Å². The van der Waals surface area contributed by atoms with Gasteiger partial charge < -0.3 is 31.1 Å². The molecule has 0 saturated heterocycles. The minimum absolute atomic E-state index is 0. The predicted octanol–water partition coefficient (Wildman–Crippen LogP) is 1.83. The molecule has 0 bridgehead atoms. The summed E-state index contributed by atoms with van der Waals surface area (Å²) in [4.78, 5) is 11.2. The van der Waals surface area contributed by atoms with E-state index < -0.39 is 12.0 Å². The van der Waals surface area contributed by atoms with Gasteiger partial charge in [0, 0.05) is 18.7 Å². The second-order valence-electron chi connectivity index (χ2n) is 7.17. The van der Waals surface area contributed by atoms with Crippen LogP contribution in [-0.2, 0) is 13.0 Å². The molecule has 2 atom stereocenters. The predicted molar refractivity (Wildman–Crippen MR) is 117 cm³/mol. The molecule has 1 aromatic heterocycles. The van der Waals surface area contributed by atoms with Crippen LogP contribution in [0.1, 0.15) is 40.3 Å². The summed E-state index contributed by atoms with van der Waals surface area (Å²) in [5.74, 6) is -0.352. The molecule has 0 radical (unpaired) electrons. The van der Waals surface area contributed by atoms with Gasteiger partial charge in [-0.15, -0.1) is 12.4 Å². The Balaban J connectivity index is 0.00000363. The molecule has 0 spiro atoms. The van der Waals surface area contributed by atoms with Gasteiger partial charge in [0.25, 0.3) is 5.91 Å². The molecule has 0 fully saturated rings. The maximum atomic E-state index is 11.2. The Morgan fingerprint density at radius 1 is 1.16 bits per heavy atom. The summed E-state index contributed by atoms with van der Waals surface area (Å²) in [5, 5.41) is 39.6. The summed E-state index contributed by atoms with van der Waals surface area (Å²) in [7, 11) is 0. The van der Waals surface area contributed by atoms with Gasteiger partial charge in [0.2, 0.25) is 0 Å².